The minimum absolute atomic E-state index is 0.790. The van der Waals surface area contributed by atoms with E-state index in [0.29, 0.717) is 0 Å². The highest BCUT2D eigenvalue weighted by Crippen LogP contribution is 2.33. The monoisotopic (exact) mass is 255 g/mol. The Morgan fingerprint density at radius 3 is 2.76 bits per heavy atom. The van der Waals surface area contributed by atoms with Crippen molar-refractivity contribution in [3.63, 3.8) is 0 Å². The maximum atomic E-state index is 5.82. The van der Waals surface area contributed by atoms with Crippen molar-refractivity contribution in [2.45, 2.75) is 57.8 Å². The Bertz CT molecular complexity index is 177. The van der Waals surface area contributed by atoms with Gasteiger partial charge in [0.1, 0.15) is 0 Å². The third kappa shape index (κ3) is 5.21. The Balaban J connectivity index is 1.82. The maximum Gasteiger partial charge on any atom is 0.0499 e. The molecule has 0 bridgehead atoms. The van der Waals surface area contributed by atoms with Crippen LogP contribution in [0.15, 0.2) is 0 Å². The van der Waals surface area contributed by atoms with Crippen molar-refractivity contribution in [1.82, 2.24) is 0 Å². The topological polar surface area (TPSA) is 9.23 Å². The first-order chi connectivity index (χ1) is 8.47. The summed E-state index contributed by atoms with van der Waals surface area (Å²) in [6, 6.07) is 0. The minimum atomic E-state index is 0.790. The SMILES string of the molecule is C1CCOCC([C]2CCCCSCCC2)CC1. The first kappa shape index (κ1) is 13.7. The van der Waals surface area contributed by atoms with Gasteiger partial charge in [-0.3, -0.25) is 0 Å². The summed E-state index contributed by atoms with van der Waals surface area (Å²) < 4.78 is 5.82. The number of rotatable bonds is 1. The zero-order valence-corrected chi connectivity index (χ0v) is 11.9. The Labute approximate surface area is 111 Å². The van der Waals surface area contributed by atoms with Gasteiger partial charge in [0, 0.05) is 13.2 Å². The Morgan fingerprint density at radius 1 is 0.882 bits per heavy atom. The fraction of sp³-hybridized carbons (Fsp3) is 0.933. The quantitative estimate of drug-likeness (QED) is 0.684. The van der Waals surface area contributed by atoms with Gasteiger partial charge in [-0.2, -0.15) is 11.8 Å². The van der Waals surface area contributed by atoms with Crippen molar-refractivity contribution in [2.24, 2.45) is 5.92 Å². The molecule has 17 heavy (non-hydrogen) atoms. The van der Waals surface area contributed by atoms with E-state index in [0.717, 1.165) is 19.1 Å². The number of hydrogen-bond donors (Lipinski definition) is 0. The first-order valence-electron chi connectivity index (χ1n) is 7.47. The van der Waals surface area contributed by atoms with E-state index in [1.54, 1.807) is 0 Å². The Morgan fingerprint density at radius 2 is 1.76 bits per heavy atom. The highest BCUT2D eigenvalue weighted by Gasteiger charge is 2.23. The normalized spacial score (nSPS) is 30.7. The summed E-state index contributed by atoms with van der Waals surface area (Å²) >= 11 is 2.15. The van der Waals surface area contributed by atoms with Crippen LogP contribution in [0.5, 0.6) is 0 Å². The van der Waals surface area contributed by atoms with Crippen LogP contribution in [0.4, 0.5) is 0 Å². The molecule has 2 saturated heterocycles. The number of hydrogen-bond acceptors (Lipinski definition) is 2. The molecule has 0 aromatic rings. The molecule has 2 aliphatic rings. The molecule has 0 spiro atoms. The second-order valence-corrected chi connectivity index (χ2v) is 6.68. The van der Waals surface area contributed by atoms with Gasteiger partial charge in [0.05, 0.1) is 0 Å². The number of ether oxygens (including phenoxy) is 1. The molecule has 0 amide bonds. The molecule has 99 valence electrons. The van der Waals surface area contributed by atoms with Gasteiger partial charge >= 0.3 is 0 Å². The second-order valence-electron chi connectivity index (χ2n) is 5.45. The summed E-state index contributed by atoms with van der Waals surface area (Å²) in [7, 11) is 0. The van der Waals surface area contributed by atoms with E-state index in [4.69, 9.17) is 4.74 Å². The largest absolute Gasteiger partial charge is 0.381 e. The second kappa shape index (κ2) is 8.42. The molecular formula is C15H27OS. The molecule has 0 aliphatic carbocycles. The van der Waals surface area contributed by atoms with Crippen LogP contribution in [0.25, 0.3) is 0 Å². The van der Waals surface area contributed by atoms with Gasteiger partial charge in [0.25, 0.3) is 0 Å². The molecule has 1 atom stereocenters. The lowest BCUT2D eigenvalue weighted by molar-refractivity contribution is 0.0819. The van der Waals surface area contributed by atoms with Crippen LogP contribution in [0, 0.1) is 11.8 Å². The van der Waals surface area contributed by atoms with E-state index in [-0.39, 0.29) is 0 Å². The van der Waals surface area contributed by atoms with Gasteiger partial charge in [-0.05, 0) is 61.9 Å². The summed E-state index contributed by atoms with van der Waals surface area (Å²) in [6.45, 7) is 2.02. The summed E-state index contributed by atoms with van der Waals surface area (Å²) in [4.78, 5) is 0. The molecule has 2 heteroatoms. The van der Waals surface area contributed by atoms with Gasteiger partial charge in [-0.25, -0.2) is 0 Å². The van der Waals surface area contributed by atoms with Crippen molar-refractivity contribution in [3.05, 3.63) is 5.92 Å². The van der Waals surface area contributed by atoms with Crippen LogP contribution in [-0.4, -0.2) is 24.7 Å². The van der Waals surface area contributed by atoms with E-state index >= 15 is 0 Å². The van der Waals surface area contributed by atoms with Crippen molar-refractivity contribution in [2.75, 3.05) is 24.7 Å². The number of thioether (sulfide) groups is 1. The first-order valence-corrected chi connectivity index (χ1v) is 8.62. The smallest absolute Gasteiger partial charge is 0.0499 e. The van der Waals surface area contributed by atoms with E-state index < -0.39 is 0 Å². The highest BCUT2D eigenvalue weighted by molar-refractivity contribution is 7.99. The zero-order chi connectivity index (χ0) is 11.8. The van der Waals surface area contributed by atoms with Gasteiger partial charge in [-0.1, -0.05) is 19.3 Å². The lowest BCUT2D eigenvalue weighted by atomic mass is 9.81. The minimum Gasteiger partial charge on any atom is -0.381 e. The molecule has 0 aromatic carbocycles. The third-order valence-electron chi connectivity index (χ3n) is 4.06. The van der Waals surface area contributed by atoms with E-state index in [1.165, 1.54) is 69.3 Å². The predicted molar refractivity (Wildman–Crippen MR) is 76.4 cm³/mol. The Kier molecular flexibility index (Phi) is 6.80. The van der Waals surface area contributed by atoms with Crippen LogP contribution < -0.4 is 0 Å². The van der Waals surface area contributed by atoms with Gasteiger partial charge in [0.15, 0.2) is 0 Å². The molecule has 1 radical (unpaired) electrons. The van der Waals surface area contributed by atoms with Crippen molar-refractivity contribution in [1.29, 1.82) is 0 Å². The summed E-state index contributed by atoms with van der Waals surface area (Å²) in [5.41, 5.74) is 0. The van der Waals surface area contributed by atoms with Crippen LogP contribution in [0.1, 0.15) is 57.8 Å². The average molecular weight is 255 g/mol. The highest BCUT2D eigenvalue weighted by atomic mass is 32.2. The van der Waals surface area contributed by atoms with Gasteiger partial charge in [0.2, 0.25) is 0 Å². The third-order valence-corrected chi connectivity index (χ3v) is 5.22. The molecular weight excluding hydrogens is 228 g/mol. The molecule has 0 saturated carbocycles. The van der Waals surface area contributed by atoms with E-state index in [1.807, 2.05) is 5.92 Å². The van der Waals surface area contributed by atoms with Crippen LogP contribution in [0.3, 0.4) is 0 Å². The molecule has 2 heterocycles. The van der Waals surface area contributed by atoms with Gasteiger partial charge in [-0.15, -0.1) is 0 Å². The zero-order valence-electron chi connectivity index (χ0n) is 11.1. The standard InChI is InChI=1S/C15H27OS/c1-2-8-15(13-16-10-4-1)14-7-3-5-11-17-12-6-9-14/h15H,1-13H2. The van der Waals surface area contributed by atoms with Crippen molar-refractivity contribution >= 4 is 11.8 Å². The van der Waals surface area contributed by atoms with Crippen LogP contribution in [-0.2, 0) is 4.74 Å². The molecule has 2 aliphatic heterocycles. The summed E-state index contributed by atoms with van der Waals surface area (Å²) in [5, 5.41) is 0. The fourth-order valence-corrected chi connectivity index (χ4v) is 3.96. The molecule has 0 N–H and O–H groups in total. The lowest BCUT2D eigenvalue weighted by Crippen LogP contribution is -2.21. The molecule has 1 nitrogen and oxygen atoms in total. The van der Waals surface area contributed by atoms with Crippen LogP contribution >= 0.6 is 11.8 Å². The fourth-order valence-electron chi connectivity index (χ4n) is 3.00. The molecule has 0 aromatic heterocycles. The van der Waals surface area contributed by atoms with Crippen molar-refractivity contribution < 1.29 is 4.74 Å². The molecule has 2 rings (SSSR count). The molecule has 1 unspecified atom stereocenters. The summed E-state index contributed by atoms with van der Waals surface area (Å²) in [5.74, 6) is 5.39. The lowest BCUT2D eigenvalue weighted by Gasteiger charge is -2.28. The average Bonchev–Trinajstić information content (AvgIpc) is 2.42. The predicted octanol–water partition coefficient (Wildman–Crippen LogP) is 4.46. The van der Waals surface area contributed by atoms with E-state index in [9.17, 15) is 0 Å². The van der Waals surface area contributed by atoms with E-state index in [2.05, 4.69) is 11.8 Å². The summed E-state index contributed by atoms with van der Waals surface area (Å²) in [6.07, 6.45) is 12.5. The Hall–Kier alpha value is 0.310. The van der Waals surface area contributed by atoms with Crippen molar-refractivity contribution in [3.8, 4) is 0 Å². The van der Waals surface area contributed by atoms with Crippen LogP contribution in [0.2, 0.25) is 0 Å². The van der Waals surface area contributed by atoms with Gasteiger partial charge < -0.3 is 4.74 Å². The molecule has 2 fully saturated rings. The maximum absolute atomic E-state index is 5.82.